The maximum atomic E-state index is 14.8. The zero-order chi connectivity index (χ0) is 21.7. The molecule has 0 aliphatic heterocycles. The molecule has 1 unspecified atom stereocenters. The minimum atomic E-state index is -0.394. The summed E-state index contributed by atoms with van der Waals surface area (Å²) in [6, 6.07) is 6.40. The summed E-state index contributed by atoms with van der Waals surface area (Å²) in [7, 11) is 0. The van der Waals surface area contributed by atoms with Crippen LogP contribution in [0.2, 0.25) is 0 Å². The first-order valence-electron chi connectivity index (χ1n) is 10.8. The molecule has 2 aliphatic rings. The van der Waals surface area contributed by atoms with Crippen molar-refractivity contribution in [1.29, 1.82) is 0 Å². The van der Waals surface area contributed by atoms with E-state index in [2.05, 4.69) is 10.3 Å². The van der Waals surface area contributed by atoms with Gasteiger partial charge in [0.1, 0.15) is 21.3 Å². The van der Waals surface area contributed by atoms with Crippen molar-refractivity contribution < 1.29 is 13.6 Å². The van der Waals surface area contributed by atoms with Gasteiger partial charge in [-0.1, -0.05) is 6.42 Å². The summed E-state index contributed by atoms with van der Waals surface area (Å²) in [5, 5.41) is 3.53. The third-order valence-electron chi connectivity index (χ3n) is 6.92. The van der Waals surface area contributed by atoms with Gasteiger partial charge < -0.3 is 11.1 Å². The average molecular weight is 442 g/mol. The van der Waals surface area contributed by atoms with Crippen molar-refractivity contribution in [3.63, 3.8) is 0 Å². The first kappa shape index (κ1) is 20.4. The second-order valence-corrected chi connectivity index (χ2v) is 9.90. The molecule has 3 aromatic rings. The molecule has 2 fully saturated rings. The molecule has 0 radical (unpaired) electrons. The van der Waals surface area contributed by atoms with Crippen LogP contribution in [0.1, 0.15) is 58.1 Å². The van der Waals surface area contributed by atoms with Gasteiger partial charge in [0.25, 0.3) is 5.91 Å². The highest BCUT2D eigenvalue weighted by atomic mass is 32.1. The number of benzene rings is 1. The standard InChI is InChI=1S/C24H25F2N3OS/c1-12-2-5-16-21(27)22(31-24(16)29-12)23(30)28-7-6-15-10-20(26)18(11-19(15)25)17-9-13-3-4-14(17)8-13/h2,5,10-11,13-14,17H,3-4,6-9,27H2,1H3,(H,28,30)/t13-,14+,17?/m0/s1. The van der Waals surface area contributed by atoms with Crippen LogP contribution in [-0.2, 0) is 6.42 Å². The summed E-state index contributed by atoms with van der Waals surface area (Å²) in [5.41, 5.74) is 8.18. The zero-order valence-corrected chi connectivity index (χ0v) is 18.2. The quantitative estimate of drug-likeness (QED) is 0.561. The van der Waals surface area contributed by atoms with E-state index in [-0.39, 0.29) is 36.2 Å². The fourth-order valence-corrected chi connectivity index (χ4v) is 6.41. The summed E-state index contributed by atoms with van der Waals surface area (Å²) >= 11 is 1.24. The van der Waals surface area contributed by atoms with E-state index in [9.17, 15) is 13.6 Å². The number of halogens is 2. The normalized spacial score (nSPS) is 22.4. The molecule has 5 rings (SSSR count). The topological polar surface area (TPSA) is 68.0 Å². The predicted octanol–water partition coefficient (Wildman–Crippen LogP) is 5.34. The Kier molecular flexibility index (Phi) is 5.16. The number of thiophene rings is 1. The average Bonchev–Trinajstić information content (AvgIpc) is 3.45. The highest BCUT2D eigenvalue weighted by Crippen LogP contribution is 2.53. The molecule has 2 aromatic heterocycles. The fraction of sp³-hybridized carbons (Fsp3) is 0.417. The van der Waals surface area contributed by atoms with E-state index in [1.165, 1.54) is 29.9 Å². The highest BCUT2D eigenvalue weighted by molar-refractivity contribution is 7.21. The lowest BCUT2D eigenvalue weighted by atomic mass is 9.83. The van der Waals surface area contributed by atoms with Crippen LogP contribution < -0.4 is 11.1 Å². The van der Waals surface area contributed by atoms with Gasteiger partial charge in [0.15, 0.2) is 0 Å². The van der Waals surface area contributed by atoms with Crippen molar-refractivity contribution >= 4 is 33.1 Å². The van der Waals surface area contributed by atoms with Gasteiger partial charge in [-0.2, -0.15) is 0 Å². The van der Waals surface area contributed by atoms with Crippen molar-refractivity contribution in [3.05, 3.63) is 57.6 Å². The molecule has 2 saturated carbocycles. The Hall–Kier alpha value is -2.54. The van der Waals surface area contributed by atoms with Crippen molar-refractivity contribution in [1.82, 2.24) is 10.3 Å². The second-order valence-electron chi connectivity index (χ2n) is 8.90. The molecule has 1 aromatic carbocycles. The minimum absolute atomic E-state index is 0.148. The van der Waals surface area contributed by atoms with Gasteiger partial charge in [-0.05, 0) is 85.8 Å². The first-order chi connectivity index (χ1) is 14.9. The molecule has 31 heavy (non-hydrogen) atoms. The van der Waals surface area contributed by atoms with E-state index in [0.717, 1.165) is 30.3 Å². The summed E-state index contributed by atoms with van der Waals surface area (Å²) in [6.45, 7) is 2.08. The van der Waals surface area contributed by atoms with Gasteiger partial charge in [-0.25, -0.2) is 13.8 Å². The first-order valence-corrected chi connectivity index (χ1v) is 11.6. The molecule has 162 valence electrons. The van der Waals surface area contributed by atoms with E-state index in [1.807, 2.05) is 19.1 Å². The van der Waals surface area contributed by atoms with Crippen LogP contribution >= 0.6 is 11.3 Å². The van der Waals surface area contributed by atoms with Crippen LogP contribution in [0.15, 0.2) is 24.3 Å². The number of nitrogens with zero attached hydrogens (tertiary/aromatic N) is 1. The van der Waals surface area contributed by atoms with Gasteiger partial charge in [-0.15, -0.1) is 11.3 Å². The van der Waals surface area contributed by atoms with Crippen LogP contribution in [0.3, 0.4) is 0 Å². The van der Waals surface area contributed by atoms with Gasteiger partial charge in [0.2, 0.25) is 0 Å². The van der Waals surface area contributed by atoms with Crippen LogP contribution in [-0.4, -0.2) is 17.4 Å². The van der Waals surface area contributed by atoms with Gasteiger partial charge >= 0.3 is 0 Å². The number of hydrogen-bond donors (Lipinski definition) is 2. The molecule has 3 atom stereocenters. The van der Waals surface area contributed by atoms with E-state index in [1.54, 1.807) is 0 Å². The molecule has 0 saturated heterocycles. The number of fused-ring (bicyclic) bond motifs is 3. The molecule has 4 nitrogen and oxygen atoms in total. The third-order valence-corrected chi connectivity index (χ3v) is 8.04. The van der Waals surface area contributed by atoms with Crippen molar-refractivity contribution in [2.75, 3.05) is 12.3 Å². The number of nitrogens with one attached hydrogen (secondary N) is 1. The zero-order valence-electron chi connectivity index (χ0n) is 17.4. The molecule has 2 heterocycles. The van der Waals surface area contributed by atoms with E-state index >= 15 is 0 Å². The number of aryl methyl sites for hydroxylation is 1. The molecular formula is C24H25F2N3OS. The molecular weight excluding hydrogens is 416 g/mol. The smallest absolute Gasteiger partial charge is 0.263 e. The number of aromatic nitrogens is 1. The van der Waals surface area contributed by atoms with Crippen molar-refractivity contribution in [2.24, 2.45) is 11.8 Å². The number of nitrogen functional groups attached to an aromatic ring is 1. The maximum absolute atomic E-state index is 14.8. The predicted molar refractivity (Wildman–Crippen MR) is 119 cm³/mol. The van der Waals surface area contributed by atoms with Gasteiger partial charge in [0, 0.05) is 17.6 Å². The van der Waals surface area contributed by atoms with Crippen molar-refractivity contribution in [3.8, 4) is 0 Å². The summed E-state index contributed by atoms with van der Waals surface area (Å²) < 4.78 is 29.5. The Labute approximate surface area is 183 Å². The van der Waals surface area contributed by atoms with Crippen LogP contribution in [0.25, 0.3) is 10.2 Å². The maximum Gasteiger partial charge on any atom is 0.263 e. The Morgan fingerprint density at radius 1 is 1.23 bits per heavy atom. The highest BCUT2D eigenvalue weighted by Gasteiger charge is 2.41. The van der Waals surface area contributed by atoms with Gasteiger partial charge in [0.05, 0.1) is 5.69 Å². The summed E-state index contributed by atoms with van der Waals surface area (Å²) in [4.78, 5) is 18.1. The molecule has 0 spiro atoms. The number of carbonyl (C=O) groups is 1. The number of anilines is 1. The minimum Gasteiger partial charge on any atom is -0.397 e. The number of rotatable bonds is 5. The van der Waals surface area contributed by atoms with E-state index in [4.69, 9.17) is 5.73 Å². The Bertz CT molecular complexity index is 1180. The number of nitrogens with two attached hydrogens (primary N) is 1. The number of amides is 1. The Morgan fingerprint density at radius 3 is 2.81 bits per heavy atom. The SMILES string of the molecule is Cc1ccc2c(N)c(C(=O)NCCc3cc(F)c(C4C[C@H]5CC[C@@H]4C5)cc3F)sc2n1. The number of pyridine rings is 1. The number of hydrogen-bond acceptors (Lipinski definition) is 4. The van der Waals surface area contributed by atoms with E-state index in [0.29, 0.717) is 32.8 Å². The largest absolute Gasteiger partial charge is 0.397 e. The summed E-state index contributed by atoms with van der Waals surface area (Å²) in [5.74, 6) is 0.277. The second kappa shape index (κ2) is 7.86. The lowest BCUT2D eigenvalue weighted by molar-refractivity contribution is 0.0959. The van der Waals surface area contributed by atoms with Crippen LogP contribution in [0.5, 0.6) is 0 Å². The monoisotopic (exact) mass is 441 g/mol. The molecule has 1 amide bonds. The van der Waals surface area contributed by atoms with Crippen molar-refractivity contribution in [2.45, 2.75) is 44.9 Å². The van der Waals surface area contributed by atoms with E-state index < -0.39 is 5.82 Å². The Morgan fingerprint density at radius 2 is 2.06 bits per heavy atom. The number of carbonyl (C=O) groups excluding carboxylic acids is 1. The van der Waals surface area contributed by atoms with Crippen LogP contribution in [0, 0.1) is 30.4 Å². The van der Waals surface area contributed by atoms with Crippen LogP contribution in [0.4, 0.5) is 14.5 Å². The molecule has 7 heteroatoms. The summed E-state index contributed by atoms with van der Waals surface area (Å²) in [6.07, 6.45) is 4.69. The third kappa shape index (κ3) is 3.69. The fourth-order valence-electron chi connectivity index (χ4n) is 5.35. The molecule has 3 N–H and O–H groups in total. The van der Waals surface area contributed by atoms with Gasteiger partial charge in [-0.3, -0.25) is 4.79 Å². The molecule has 2 bridgehead atoms. The lowest BCUT2D eigenvalue weighted by Gasteiger charge is -2.23. The molecule has 2 aliphatic carbocycles. The lowest BCUT2D eigenvalue weighted by Crippen LogP contribution is -2.26. The Balaban J connectivity index is 1.26.